The van der Waals surface area contributed by atoms with Crippen LogP contribution in [0.25, 0.3) is 0 Å². The highest BCUT2D eigenvalue weighted by Crippen LogP contribution is 2.31. The van der Waals surface area contributed by atoms with E-state index in [4.69, 9.17) is 4.74 Å². The monoisotopic (exact) mass is 272 g/mol. The molecule has 104 valence electrons. The zero-order chi connectivity index (χ0) is 13.0. The molecule has 0 unspecified atom stereocenters. The Hall–Kier alpha value is -0.420. The Morgan fingerprint density at radius 1 is 1.39 bits per heavy atom. The van der Waals surface area contributed by atoms with E-state index in [0.29, 0.717) is 17.8 Å². The maximum Gasteiger partial charge on any atom is 0.317 e. The number of rotatable bonds is 4. The number of amides is 2. The largest absolute Gasteiger partial charge is 0.376 e. The minimum Gasteiger partial charge on any atom is -0.376 e. The minimum atomic E-state index is 0.0523. The molecule has 2 fully saturated rings. The normalized spacial score (nSPS) is 31.6. The summed E-state index contributed by atoms with van der Waals surface area (Å²) in [7, 11) is 1.92. The topological polar surface area (TPSA) is 41.6 Å². The molecule has 1 heterocycles. The summed E-state index contributed by atoms with van der Waals surface area (Å²) in [5.74, 6) is 0. The number of carbonyl (C=O) groups is 1. The summed E-state index contributed by atoms with van der Waals surface area (Å²) < 4.78 is 5.51. The molecule has 0 aromatic carbocycles. The molecule has 1 saturated carbocycles. The van der Waals surface area contributed by atoms with Gasteiger partial charge in [0.1, 0.15) is 0 Å². The van der Waals surface area contributed by atoms with E-state index in [-0.39, 0.29) is 12.1 Å². The molecule has 0 aromatic heterocycles. The summed E-state index contributed by atoms with van der Waals surface area (Å²) in [5.41, 5.74) is 0. The Kier molecular flexibility index (Phi) is 5.18. The fraction of sp³-hybridized carbons (Fsp3) is 0.923. The van der Waals surface area contributed by atoms with Gasteiger partial charge in [0.05, 0.1) is 6.10 Å². The van der Waals surface area contributed by atoms with Crippen molar-refractivity contribution in [3.63, 3.8) is 0 Å². The number of urea groups is 1. The molecule has 0 bridgehead atoms. The van der Waals surface area contributed by atoms with Crippen molar-refractivity contribution in [1.82, 2.24) is 10.2 Å². The first-order valence-electron chi connectivity index (χ1n) is 6.87. The second kappa shape index (κ2) is 6.66. The molecule has 0 aromatic rings. The third-order valence-corrected chi connectivity index (χ3v) is 5.20. The van der Waals surface area contributed by atoms with Gasteiger partial charge in [-0.2, -0.15) is 11.8 Å². The summed E-state index contributed by atoms with van der Waals surface area (Å²) >= 11 is 1.88. The highest BCUT2D eigenvalue weighted by molar-refractivity contribution is 7.99. The van der Waals surface area contributed by atoms with Gasteiger partial charge >= 0.3 is 6.03 Å². The number of hydrogen-bond donors (Lipinski definition) is 1. The first-order valence-corrected chi connectivity index (χ1v) is 8.16. The van der Waals surface area contributed by atoms with E-state index in [1.807, 2.05) is 23.7 Å². The van der Waals surface area contributed by atoms with Crippen molar-refractivity contribution in [2.75, 3.05) is 26.5 Å². The van der Waals surface area contributed by atoms with Crippen molar-refractivity contribution in [2.45, 2.75) is 49.5 Å². The number of ether oxygens (including phenoxy) is 1. The molecule has 1 saturated heterocycles. The van der Waals surface area contributed by atoms with Crippen molar-refractivity contribution in [3.05, 3.63) is 0 Å². The van der Waals surface area contributed by atoms with Gasteiger partial charge in [-0.05, 0) is 31.9 Å². The van der Waals surface area contributed by atoms with E-state index in [1.54, 1.807) is 0 Å². The lowest BCUT2D eigenvalue weighted by Crippen LogP contribution is -2.47. The van der Waals surface area contributed by atoms with Gasteiger partial charge in [0.15, 0.2) is 0 Å². The maximum absolute atomic E-state index is 12.1. The molecule has 2 rings (SSSR count). The van der Waals surface area contributed by atoms with Crippen molar-refractivity contribution in [2.24, 2.45) is 0 Å². The number of hydrogen-bond acceptors (Lipinski definition) is 3. The van der Waals surface area contributed by atoms with Crippen molar-refractivity contribution >= 4 is 17.8 Å². The van der Waals surface area contributed by atoms with Crippen LogP contribution in [0.3, 0.4) is 0 Å². The summed E-state index contributed by atoms with van der Waals surface area (Å²) in [6, 6.07) is 0.445. The number of nitrogens with one attached hydrogen (secondary N) is 1. The van der Waals surface area contributed by atoms with Crippen LogP contribution in [0.4, 0.5) is 4.79 Å². The molecule has 0 spiro atoms. The van der Waals surface area contributed by atoms with Crippen LogP contribution in [0.5, 0.6) is 0 Å². The Labute approximate surface area is 114 Å². The molecule has 18 heavy (non-hydrogen) atoms. The molecule has 3 atom stereocenters. The van der Waals surface area contributed by atoms with Gasteiger partial charge < -0.3 is 15.0 Å². The molecular formula is C13H24N2O2S. The fourth-order valence-electron chi connectivity index (χ4n) is 2.91. The quantitative estimate of drug-likeness (QED) is 0.852. The molecule has 1 N–H and O–H groups in total. The fourth-order valence-corrected chi connectivity index (χ4v) is 3.94. The predicted molar refractivity (Wildman–Crippen MR) is 75.1 cm³/mol. The zero-order valence-electron chi connectivity index (χ0n) is 11.4. The Bertz CT molecular complexity index is 282. The smallest absolute Gasteiger partial charge is 0.317 e. The van der Waals surface area contributed by atoms with Gasteiger partial charge in [0.2, 0.25) is 0 Å². The summed E-state index contributed by atoms with van der Waals surface area (Å²) in [5, 5.41) is 3.60. The van der Waals surface area contributed by atoms with E-state index in [1.165, 1.54) is 12.8 Å². The Morgan fingerprint density at radius 2 is 2.22 bits per heavy atom. The lowest BCUT2D eigenvalue weighted by molar-refractivity contribution is 0.108. The van der Waals surface area contributed by atoms with E-state index >= 15 is 0 Å². The van der Waals surface area contributed by atoms with Crippen LogP contribution in [0.2, 0.25) is 0 Å². The maximum atomic E-state index is 12.1. The number of nitrogens with zero attached hydrogens (tertiary/aromatic N) is 1. The zero-order valence-corrected chi connectivity index (χ0v) is 12.2. The van der Waals surface area contributed by atoms with Gasteiger partial charge in [0, 0.05) is 31.5 Å². The van der Waals surface area contributed by atoms with Crippen LogP contribution >= 0.6 is 11.8 Å². The van der Waals surface area contributed by atoms with Crippen LogP contribution in [-0.2, 0) is 4.74 Å². The van der Waals surface area contributed by atoms with Gasteiger partial charge in [-0.1, -0.05) is 6.42 Å². The summed E-state index contributed by atoms with van der Waals surface area (Å²) in [6.45, 7) is 1.49. The van der Waals surface area contributed by atoms with Gasteiger partial charge in [0.25, 0.3) is 0 Å². The first kappa shape index (κ1) is 14.0. The summed E-state index contributed by atoms with van der Waals surface area (Å²) in [4.78, 5) is 14.0. The van der Waals surface area contributed by atoms with Crippen molar-refractivity contribution < 1.29 is 9.53 Å². The van der Waals surface area contributed by atoms with Gasteiger partial charge in [-0.3, -0.25) is 0 Å². The van der Waals surface area contributed by atoms with Crippen LogP contribution in [0, 0.1) is 0 Å². The molecule has 1 aliphatic carbocycles. The third-order valence-electron chi connectivity index (χ3n) is 4.04. The average Bonchev–Trinajstić information content (AvgIpc) is 3.05. The second-order valence-electron chi connectivity index (χ2n) is 5.20. The first-order chi connectivity index (χ1) is 8.72. The Balaban J connectivity index is 1.76. The van der Waals surface area contributed by atoms with E-state index < -0.39 is 0 Å². The van der Waals surface area contributed by atoms with Gasteiger partial charge in [-0.25, -0.2) is 4.79 Å². The van der Waals surface area contributed by atoms with E-state index in [0.717, 1.165) is 25.9 Å². The highest BCUT2D eigenvalue weighted by atomic mass is 32.2. The predicted octanol–water partition coefficient (Wildman–Crippen LogP) is 2.09. The molecule has 2 aliphatic rings. The summed E-state index contributed by atoms with van der Waals surface area (Å²) in [6.07, 6.45) is 8.15. The number of thioether (sulfide) groups is 1. The van der Waals surface area contributed by atoms with Crippen LogP contribution in [-0.4, -0.2) is 54.8 Å². The lowest BCUT2D eigenvalue weighted by Gasteiger charge is -2.29. The molecule has 4 nitrogen and oxygen atoms in total. The second-order valence-corrected chi connectivity index (χ2v) is 6.28. The lowest BCUT2D eigenvalue weighted by atomic mass is 10.2. The molecule has 5 heteroatoms. The van der Waals surface area contributed by atoms with Crippen LogP contribution in [0.1, 0.15) is 32.1 Å². The van der Waals surface area contributed by atoms with E-state index in [9.17, 15) is 4.79 Å². The molecule has 2 amide bonds. The van der Waals surface area contributed by atoms with Crippen molar-refractivity contribution in [1.29, 1.82) is 0 Å². The SMILES string of the molecule is CS[C@@H]1CCC[C@H]1N(C)C(=O)NC[C@@H]1CCCO1. The highest BCUT2D eigenvalue weighted by Gasteiger charge is 2.32. The van der Waals surface area contributed by atoms with Crippen molar-refractivity contribution in [3.8, 4) is 0 Å². The third kappa shape index (κ3) is 3.32. The molecule has 0 radical (unpaired) electrons. The molecule has 1 aliphatic heterocycles. The Morgan fingerprint density at radius 3 is 2.89 bits per heavy atom. The average molecular weight is 272 g/mol. The van der Waals surface area contributed by atoms with E-state index in [2.05, 4.69) is 11.6 Å². The minimum absolute atomic E-state index is 0.0523. The standard InChI is InChI=1S/C13H24N2O2S/c1-15(11-6-3-7-12(11)18-2)13(16)14-9-10-5-4-8-17-10/h10-12H,3-9H2,1-2H3,(H,14,16)/t10-,11+,12+/m0/s1. The molecular weight excluding hydrogens is 248 g/mol. The van der Waals surface area contributed by atoms with Crippen LogP contribution < -0.4 is 5.32 Å². The van der Waals surface area contributed by atoms with Crippen LogP contribution in [0.15, 0.2) is 0 Å². The number of carbonyl (C=O) groups excluding carboxylic acids is 1. The van der Waals surface area contributed by atoms with Gasteiger partial charge in [-0.15, -0.1) is 0 Å².